The van der Waals surface area contributed by atoms with Gasteiger partial charge in [0, 0.05) is 12.7 Å². The van der Waals surface area contributed by atoms with Crippen molar-refractivity contribution >= 4 is 39.0 Å². The van der Waals surface area contributed by atoms with Crippen LogP contribution in [-0.4, -0.2) is 35.0 Å². The SMILES string of the molecule is CNc1ccc(Nc2nc(C)nc(Cl)n2)c(S(=O)(=O)O)c1. The number of benzene rings is 1. The fourth-order valence-corrected chi connectivity index (χ4v) is 2.50. The average Bonchev–Trinajstić information content (AvgIpc) is 2.36. The Morgan fingerprint density at radius 1 is 1.24 bits per heavy atom. The minimum Gasteiger partial charge on any atom is -0.388 e. The number of anilines is 3. The maximum absolute atomic E-state index is 11.5. The van der Waals surface area contributed by atoms with Crippen LogP contribution in [0.2, 0.25) is 5.28 Å². The molecule has 112 valence electrons. The molecule has 1 aromatic carbocycles. The minimum absolute atomic E-state index is 0.0229. The van der Waals surface area contributed by atoms with Gasteiger partial charge in [0.2, 0.25) is 11.2 Å². The zero-order chi connectivity index (χ0) is 15.6. The van der Waals surface area contributed by atoms with Crippen molar-refractivity contribution in [3.05, 3.63) is 29.3 Å². The molecule has 3 N–H and O–H groups in total. The van der Waals surface area contributed by atoms with Gasteiger partial charge in [0.05, 0.1) is 5.69 Å². The van der Waals surface area contributed by atoms with Crippen LogP contribution in [0.15, 0.2) is 23.1 Å². The van der Waals surface area contributed by atoms with Crippen molar-refractivity contribution in [2.24, 2.45) is 0 Å². The monoisotopic (exact) mass is 329 g/mol. The second kappa shape index (κ2) is 5.80. The van der Waals surface area contributed by atoms with Gasteiger partial charge in [-0.3, -0.25) is 4.55 Å². The summed E-state index contributed by atoms with van der Waals surface area (Å²) in [7, 11) is -2.78. The lowest BCUT2D eigenvalue weighted by Gasteiger charge is -2.11. The van der Waals surface area contributed by atoms with Gasteiger partial charge in [-0.15, -0.1) is 0 Å². The van der Waals surface area contributed by atoms with Crippen LogP contribution in [0.25, 0.3) is 0 Å². The van der Waals surface area contributed by atoms with Gasteiger partial charge in [0.15, 0.2) is 0 Å². The highest BCUT2D eigenvalue weighted by Crippen LogP contribution is 2.27. The van der Waals surface area contributed by atoms with E-state index < -0.39 is 10.1 Å². The Hall–Kier alpha value is -1.97. The van der Waals surface area contributed by atoms with E-state index in [0.717, 1.165) is 0 Å². The second-order valence-electron chi connectivity index (χ2n) is 4.04. The highest BCUT2D eigenvalue weighted by atomic mass is 35.5. The molecule has 0 amide bonds. The van der Waals surface area contributed by atoms with Gasteiger partial charge < -0.3 is 10.6 Å². The normalized spacial score (nSPS) is 11.2. The van der Waals surface area contributed by atoms with Crippen molar-refractivity contribution in [1.29, 1.82) is 0 Å². The lowest BCUT2D eigenvalue weighted by molar-refractivity contribution is 0.483. The molecule has 0 saturated carbocycles. The standard InChI is InChI=1S/C11H12ClN5O3S/c1-6-14-10(12)17-11(15-6)16-8-4-3-7(13-2)5-9(8)21(18,19)20/h3-5,13H,1-2H3,(H,18,19,20)(H,14,15,16,17). The van der Waals surface area contributed by atoms with E-state index in [9.17, 15) is 13.0 Å². The predicted molar refractivity (Wildman–Crippen MR) is 78.7 cm³/mol. The molecule has 0 spiro atoms. The second-order valence-corrected chi connectivity index (χ2v) is 5.76. The summed E-state index contributed by atoms with van der Waals surface area (Å²) in [6.07, 6.45) is 0. The number of nitrogens with zero attached hydrogens (tertiary/aromatic N) is 3. The van der Waals surface area contributed by atoms with E-state index in [1.54, 1.807) is 20.0 Å². The minimum atomic E-state index is -4.41. The third kappa shape index (κ3) is 3.78. The smallest absolute Gasteiger partial charge is 0.296 e. The first kappa shape index (κ1) is 15.4. The quantitative estimate of drug-likeness (QED) is 0.728. The van der Waals surface area contributed by atoms with Gasteiger partial charge in [-0.1, -0.05) is 0 Å². The fraction of sp³-hybridized carbons (Fsp3) is 0.182. The topological polar surface area (TPSA) is 117 Å². The molecule has 0 aliphatic heterocycles. The molecule has 0 bridgehead atoms. The summed E-state index contributed by atoms with van der Waals surface area (Å²) >= 11 is 5.71. The Bertz CT molecular complexity index is 761. The van der Waals surface area contributed by atoms with Gasteiger partial charge in [-0.05, 0) is 36.7 Å². The van der Waals surface area contributed by atoms with Crippen molar-refractivity contribution in [3.63, 3.8) is 0 Å². The maximum atomic E-state index is 11.5. The van der Waals surface area contributed by atoms with Crippen LogP contribution < -0.4 is 10.6 Å². The third-order valence-corrected chi connectivity index (χ3v) is 3.58. The fourth-order valence-electron chi connectivity index (χ4n) is 1.62. The largest absolute Gasteiger partial charge is 0.388 e. The average molecular weight is 330 g/mol. The molecule has 0 atom stereocenters. The van der Waals surface area contributed by atoms with Gasteiger partial charge in [-0.2, -0.15) is 18.4 Å². The molecule has 0 aliphatic carbocycles. The number of hydrogen-bond acceptors (Lipinski definition) is 7. The molecular weight excluding hydrogens is 318 g/mol. The van der Waals surface area contributed by atoms with Crippen molar-refractivity contribution in [2.75, 3.05) is 17.7 Å². The predicted octanol–water partition coefficient (Wildman–Crippen LogP) is 1.87. The summed E-state index contributed by atoms with van der Waals surface area (Å²) in [5.41, 5.74) is 0.649. The molecule has 1 heterocycles. The lowest BCUT2D eigenvalue weighted by Crippen LogP contribution is -2.07. The number of hydrogen-bond donors (Lipinski definition) is 3. The van der Waals surface area contributed by atoms with Gasteiger partial charge in [0.25, 0.3) is 10.1 Å². The number of aromatic nitrogens is 3. The first-order chi connectivity index (χ1) is 9.79. The van der Waals surface area contributed by atoms with Gasteiger partial charge >= 0.3 is 0 Å². The molecule has 0 unspecified atom stereocenters. The van der Waals surface area contributed by atoms with E-state index in [0.29, 0.717) is 11.5 Å². The molecule has 0 fully saturated rings. The summed E-state index contributed by atoms with van der Waals surface area (Å²) in [5, 5.41) is 5.46. The van der Waals surface area contributed by atoms with Gasteiger partial charge in [-0.25, -0.2) is 4.98 Å². The molecule has 2 aromatic rings. The molecule has 2 rings (SSSR count). The van der Waals surface area contributed by atoms with E-state index >= 15 is 0 Å². The molecule has 1 aromatic heterocycles. The van der Waals surface area contributed by atoms with Crippen LogP contribution in [0, 0.1) is 6.92 Å². The van der Waals surface area contributed by atoms with Crippen LogP contribution in [0.3, 0.4) is 0 Å². The van der Waals surface area contributed by atoms with Crippen molar-refractivity contribution in [3.8, 4) is 0 Å². The van der Waals surface area contributed by atoms with Crippen molar-refractivity contribution in [2.45, 2.75) is 11.8 Å². The van der Waals surface area contributed by atoms with E-state index in [2.05, 4.69) is 25.6 Å². The summed E-state index contributed by atoms with van der Waals surface area (Å²) < 4.78 is 32.2. The Morgan fingerprint density at radius 3 is 2.52 bits per heavy atom. The van der Waals surface area contributed by atoms with E-state index in [-0.39, 0.29) is 21.8 Å². The maximum Gasteiger partial charge on any atom is 0.296 e. The molecule has 0 radical (unpaired) electrons. The summed E-state index contributed by atoms with van der Waals surface area (Å²) in [6, 6.07) is 4.39. The van der Waals surface area contributed by atoms with Crippen LogP contribution in [0.4, 0.5) is 17.3 Å². The molecule has 0 aliphatic rings. The number of halogens is 1. The summed E-state index contributed by atoms with van der Waals surface area (Å²) in [6.45, 7) is 1.62. The first-order valence-electron chi connectivity index (χ1n) is 5.74. The Labute approximate surface area is 126 Å². The van der Waals surface area contributed by atoms with Crippen molar-refractivity contribution in [1.82, 2.24) is 15.0 Å². The highest BCUT2D eigenvalue weighted by Gasteiger charge is 2.17. The zero-order valence-corrected chi connectivity index (χ0v) is 12.7. The first-order valence-corrected chi connectivity index (χ1v) is 7.56. The Kier molecular flexibility index (Phi) is 4.26. The zero-order valence-electron chi connectivity index (χ0n) is 11.1. The van der Waals surface area contributed by atoms with E-state index in [1.807, 2.05) is 0 Å². The number of nitrogens with one attached hydrogen (secondary N) is 2. The Balaban J connectivity index is 2.48. The van der Waals surface area contributed by atoms with Crippen LogP contribution in [0.5, 0.6) is 0 Å². The van der Waals surface area contributed by atoms with Crippen molar-refractivity contribution < 1.29 is 13.0 Å². The van der Waals surface area contributed by atoms with Crippen LogP contribution in [0.1, 0.15) is 5.82 Å². The van der Waals surface area contributed by atoms with Crippen LogP contribution in [-0.2, 0) is 10.1 Å². The molecule has 21 heavy (non-hydrogen) atoms. The Morgan fingerprint density at radius 2 is 1.95 bits per heavy atom. The van der Waals surface area contributed by atoms with E-state index in [1.165, 1.54) is 12.1 Å². The summed E-state index contributed by atoms with van der Waals surface area (Å²) in [4.78, 5) is 11.3. The molecule has 10 heteroatoms. The molecular formula is C11H12ClN5O3S. The van der Waals surface area contributed by atoms with E-state index in [4.69, 9.17) is 11.6 Å². The highest BCUT2D eigenvalue weighted by molar-refractivity contribution is 7.86. The number of aryl methyl sites for hydroxylation is 1. The molecule has 8 nitrogen and oxygen atoms in total. The van der Waals surface area contributed by atoms with Crippen LogP contribution >= 0.6 is 11.6 Å². The molecule has 0 saturated heterocycles. The summed E-state index contributed by atoms with van der Waals surface area (Å²) in [5.74, 6) is 0.451. The lowest BCUT2D eigenvalue weighted by atomic mass is 10.3. The third-order valence-electron chi connectivity index (χ3n) is 2.51. The number of rotatable bonds is 4. The van der Waals surface area contributed by atoms with Gasteiger partial charge in [0.1, 0.15) is 10.7 Å².